The predicted octanol–water partition coefficient (Wildman–Crippen LogP) is 2.03. The Labute approximate surface area is 101 Å². The summed E-state index contributed by atoms with van der Waals surface area (Å²) in [7, 11) is 0. The summed E-state index contributed by atoms with van der Waals surface area (Å²) in [6.07, 6.45) is 1.65. The maximum Gasteiger partial charge on any atom is 0.272 e. The molecule has 5 heteroatoms. The number of hydrogen-bond acceptors (Lipinski definition) is 3. The molecule has 0 unspecified atom stereocenters. The number of pyridine rings is 1. The number of aromatic nitrogens is 1. The third kappa shape index (κ3) is 2.72. The summed E-state index contributed by atoms with van der Waals surface area (Å²) < 4.78 is 0.896. The number of carbonyl (C=O) groups is 1. The smallest absolute Gasteiger partial charge is 0.272 e. The molecule has 80 valence electrons. The second-order valence-corrected chi connectivity index (χ2v) is 5.40. The molecular weight excluding hydrogens is 276 g/mol. The van der Waals surface area contributed by atoms with Gasteiger partial charge in [-0.1, -0.05) is 15.9 Å². The first kappa shape index (κ1) is 11.0. The summed E-state index contributed by atoms with van der Waals surface area (Å²) in [5, 5.41) is 0. The highest BCUT2D eigenvalue weighted by atomic mass is 79.9. The van der Waals surface area contributed by atoms with Gasteiger partial charge in [0.2, 0.25) is 0 Å². The van der Waals surface area contributed by atoms with Crippen molar-refractivity contribution in [3.63, 3.8) is 0 Å². The highest BCUT2D eigenvalue weighted by Crippen LogP contribution is 2.14. The van der Waals surface area contributed by atoms with Crippen LogP contribution in [0.2, 0.25) is 0 Å². The third-order valence-electron chi connectivity index (χ3n) is 2.24. The van der Waals surface area contributed by atoms with Crippen LogP contribution in [0.3, 0.4) is 0 Å². The van der Waals surface area contributed by atoms with Gasteiger partial charge in [0.15, 0.2) is 0 Å². The first-order valence-electron chi connectivity index (χ1n) is 4.76. The molecule has 2 rings (SSSR count). The molecule has 1 amide bonds. The van der Waals surface area contributed by atoms with Gasteiger partial charge in [0, 0.05) is 35.3 Å². The number of halogens is 1. The first-order valence-corrected chi connectivity index (χ1v) is 6.71. The molecule has 2 heterocycles. The molecule has 1 aromatic rings. The van der Waals surface area contributed by atoms with Crippen molar-refractivity contribution in [2.75, 3.05) is 24.6 Å². The maximum atomic E-state index is 12.0. The molecule has 0 saturated carbocycles. The fourth-order valence-corrected chi connectivity index (χ4v) is 2.69. The average Bonchev–Trinajstić information content (AvgIpc) is 2.29. The highest BCUT2D eigenvalue weighted by Gasteiger charge is 2.19. The van der Waals surface area contributed by atoms with Gasteiger partial charge in [-0.25, -0.2) is 0 Å². The second-order valence-electron chi connectivity index (χ2n) is 3.26. The topological polar surface area (TPSA) is 33.2 Å². The van der Waals surface area contributed by atoms with Crippen molar-refractivity contribution in [1.82, 2.24) is 9.88 Å². The van der Waals surface area contributed by atoms with Gasteiger partial charge < -0.3 is 4.90 Å². The summed E-state index contributed by atoms with van der Waals surface area (Å²) >= 11 is 5.23. The molecule has 1 aliphatic rings. The molecule has 15 heavy (non-hydrogen) atoms. The van der Waals surface area contributed by atoms with E-state index in [2.05, 4.69) is 20.9 Å². The number of amides is 1. The molecule has 0 bridgehead atoms. The van der Waals surface area contributed by atoms with Gasteiger partial charge in [-0.05, 0) is 12.1 Å². The lowest BCUT2D eigenvalue weighted by atomic mass is 10.3. The minimum Gasteiger partial charge on any atom is -0.336 e. The lowest BCUT2D eigenvalue weighted by molar-refractivity contribution is 0.0766. The Morgan fingerprint density at radius 3 is 2.87 bits per heavy atom. The van der Waals surface area contributed by atoms with E-state index in [1.165, 1.54) is 0 Å². The van der Waals surface area contributed by atoms with Crippen molar-refractivity contribution >= 4 is 33.6 Å². The Kier molecular flexibility index (Phi) is 3.64. The van der Waals surface area contributed by atoms with Crippen LogP contribution in [0.1, 0.15) is 10.5 Å². The molecule has 0 aliphatic carbocycles. The Balaban J connectivity index is 2.12. The Morgan fingerprint density at radius 1 is 1.47 bits per heavy atom. The molecule has 0 atom stereocenters. The van der Waals surface area contributed by atoms with E-state index < -0.39 is 0 Å². The van der Waals surface area contributed by atoms with E-state index in [-0.39, 0.29) is 5.91 Å². The molecule has 0 spiro atoms. The number of hydrogen-bond donors (Lipinski definition) is 0. The van der Waals surface area contributed by atoms with Crippen LogP contribution < -0.4 is 0 Å². The fraction of sp³-hybridized carbons (Fsp3) is 0.400. The minimum absolute atomic E-state index is 0.0385. The van der Waals surface area contributed by atoms with Crippen molar-refractivity contribution in [3.05, 3.63) is 28.5 Å². The van der Waals surface area contributed by atoms with Gasteiger partial charge in [-0.2, -0.15) is 11.8 Å². The van der Waals surface area contributed by atoms with Gasteiger partial charge in [-0.15, -0.1) is 0 Å². The third-order valence-corrected chi connectivity index (χ3v) is 3.68. The van der Waals surface area contributed by atoms with E-state index in [1.54, 1.807) is 12.3 Å². The van der Waals surface area contributed by atoms with E-state index in [4.69, 9.17) is 0 Å². The van der Waals surface area contributed by atoms with Gasteiger partial charge >= 0.3 is 0 Å². The molecule has 1 fully saturated rings. The lowest BCUT2D eigenvalue weighted by Crippen LogP contribution is -2.38. The Morgan fingerprint density at radius 2 is 2.20 bits per heavy atom. The fourth-order valence-electron chi connectivity index (χ4n) is 1.45. The van der Waals surface area contributed by atoms with Gasteiger partial charge in [-0.3, -0.25) is 9.78 Å². The molecule has 1 aliphatic heterocycles. The monoisotopic (exact) mass is 286 g/mol. The normalized spacial score (nSPS) is 16.5. The minimum atomic E-state index is 0.0385. The highest BCUT2D eigenvalue weighted by molar-refractivity contribution is 9.10. The van der Waals surface area contributed by atoms with Crippen molar-refractivity contribution in [1.29, 1.82) is 0 Å². The van der Waals surface area contributed by atoms with Crippen LogP contribution in [-0.2, 0) is 0 Å². The standard InChI is InChI=1S/C10H11BrN2OS/c11-8-1-2-12-9(7-8)10(14)13-3-5-15-6-4-13/h1-2,7H,3-6H2. The van der Waals surface area contributed by atoms with Crippen LogP contribution in [0.5, 0.6) is 0 Å². The molecule has 1 aromatic heterocycles. The van der Waals surface area contributed by atoms with Crippen molar-refractivity contribution < 1.29 is 4.79 Å². The summed E-state index contributed by atoms with van der Waals surface area (Å²) in [5.41, 5.74) is 0.524. The van der Waals surface area contributed by atoms with E-state index in [1.807, 2.05) is 22.7 Å². The number of thioether (sulfide) groups is 1. The average molecular weight is 287 g/mol. The molecule has 0 aromatic carbocycles. The maximum absolute atomic E-state index is 12.0. The van der Waals surface area contributed by atoms with E-state index in [0.29, 0.717) is 5.69 Å². The molecular formula is C10H11BrN2OS. The number of nitrogens with zero attached hydrogens (tertiary/aromatic N) is 2. The zero-order chi connectivity index (χ0) is 10.7. The van der Waals surface area contributed by atoms with Crippen LogP contribution in [0.15, 0.2) is 22.8 Å². The molecule has 1 saturated heterocycles. The Hall–Kier alpha value is -0.550. The summed E-state index contributed by atoms with van der Waals surface area (Å²) in [6.45, 7) is 1.66. The van der Waals surface area contributed by atoms with Crippen molar-refractivity contribution in [3.8, 4) is 0 Å². The van der Waals surface area contributed by atoms with E-state index in [9.17, 15) is 4.79 Å². The second kappa shape index (κ2) is 4.99. The van der Waals surface area contributed by atoms with Gasteiger partial charge in [0.25, 0.3) is 5.91 Å². The van der Waals surface area contributed by atoms with Crippen LogP contribution in [0.4, 0.5) is 0 Å². The van der Waals surface area contributed by atoms with Crippen LogP contribution in [0.25, 0.3) is 0 Å². The first-order chi connectivity index (χ1) is 7.27. The molecule has 0 N–H and O–H groups in total. The molecule has 0 radical (unpaired) electrons. The quantitative estimate of drug-likeness (QED) is 0.792. The summed E-state index contributed by atoms with van der Waals surface area (Å²) in [4.78, 5) is 17.9. The van der Waals surface area contributed by atoms with Crippen LogP contribution in [0, 0.1) is 0 Å². The van der Waals surface area contributed by atoms with Crippen LogP contribution in [-0.4, -0.2) is 40.4 Å². The zero-order valence-electron chi connectivity index (χ0n) is 8.15. The van der Waals surface area contributed by atoms with Crippen molar-refractivity contribution in [2.24, 2.45) is 0 Å². The number of carbonyl (C=O) groups excluding carboxylic acids is 1. The van der Waals surface area contributed by atoms with E-state index in [0.717, 1.165) is 29.1 Å². The molecule has 3 nitrogen and oxygen atoms in total. The zero-order valence-corrected chi connectivity index (χ0v) is 10.6. The lowest BCUT2D eigenvalue weighted by Gasteiger charge is -2.25. The largest absolute Gasteiger partial charge is 0.336 e. The number of rotatable bonds is 1. The van der Waals surface area contributed by atoms with Crippen molar-refractivity contribution in [2.45, 2.75) is 0 Å². The summed E-state index contributed by atoms with van der Waals surface area (Å²) in [5.74, 6) is 2.09. The van der Waals surface area contributed by atoms with Gasteiger partial charge in [0.1, 0.15) is 5.69 Å². The predicted molar refractivity (Wildman–Crippen MR) is 65.2 cm³/mol. The van der Waals surface area contributed by atoms with E-state index >= 15 is 0 Å². The Bertz CT molecular complexity index is 366. The van der Waals surface area contributed by atoms with Gasteiger partial charge in [0.05, 0.1) is 0 Å². The SMILES string of the molecule is O=C(c1cc(Br)ccn1)N1CCSCC1. The van der Waals surface area contributed by atoms with Crippen LogP contribution >= 0.6 is 27.7 Å². The summed E-state index contributed by atoms with van der Waals surface area (Å²) in [6, 6.07) is 3.59.